The van der Waals surface area contributed by atoms with Gasteiger partial charge in [-0.2, -0.15) is 0 Å². The van der Waals surface area contributed by atoms with Gasteiger partial charge in [-0.3, -0.25) is 14.6 Å². The van der Waals surface area contributed by atoms with E-state index in [4.69, 9.17) is 4.74 Å². The fourth-order valence-corrected chi connectivity index (χ4v) is 4.77. The van der Waals surface area contributed by atoms with E-state index in [-0.39, 0.29) is 11.3 Å². The summed E-state index contributed by atoms with van der Waals surface area (Å²) in [6.07, 6.45) is 3.20. The summed E-state index contributed by atoms with van der Waals surface area (Å²) in [4.78, 5) is 30.0. The van der Waals surface area contributed by atoms with Gasteiger partial charge in [0.1, 0.15) is 11.8 Å². The highest BCUT2D eigenvalue weighted by Crippen LogP contribution is 2.18. The number of anilines is 1. The normalized spacial score (nSPS) is 12.4. The molecule has 1 atom stereocenters. The Labute approximate surface area is 211 Å². The zero-order valence-electron chi connectivity index (χ0n) is 20.6. The van der Waals surface area contributed by atoms with Crippen molar-refractivity contribution in [2.24, 2.45) is 0 Å². The molecule has 36 heavy (non-hydrogen) atoms. The lowest BCUT2D eigenvalue weighted by Crippen LogP contribution is -2.45. The van der Waals surface area contributed by atoms with Gasteiger partial charge in [0.2, 0.25) is 15.9 Å². The predicted octanol–water partition coefficient (Wildman–Crippen LogP) is 3.15. The van der Waals surface area contributed by atoms with Gasteiger partial charge in [-0.25, -0.2) is 13.1 Å². The Balaban J connectivity index is 1.78. The van der Waals surface area contributed by atoms with E-state index in [1.807, 2.05) is 12.1 Å². The first-order valence-electron chi connectivity index (χ1n) is 11.3. The number of carbonyl (C=O) groups excluding carboxylic acids is 2. The Morgan fingerprint density at radius 2 is 1.67 bits per heavy atom. The Hall–Kier alpha value is -3.76. The summed E-state index contributed by atoms with van der Waals surface area (Å²) < 4.78 is 32.8. The summed E-state index contributed by atoms with van der Waals surface area (Å²) in [6, 6.07) is 15.4. The van der Waals surface area contributed by atoms with Gasteiger partial charge in [0, 0.05) is 30.0 Å². The molecular formula is C26H30N4O5S. The van der Waals surface area contributed by atoms with E-state index >= 15 is 0 Å². The summed E-state index contributed by atoms with van der Waals surface area (Å²) in [6.45, 7) is 5.26. The average Bonchev–Trinajstić information content (AvgIpc) is 2.83. The van der Waals surface area contributed by atoms with Crippen LogP contribution in [0.2, 0.25) is 0 Å². The van der Waals surface area contributed by atoms with Crippen molar-refractivity contribution in [1.82, 2.24) is 15.0 Å². The number of nitrogens with one attached hydrogen (secondary N) is 3. The second-order valence-corrected chi connectivity index (χ2v) is 10.9. The van der Waals surface area contributed by atoms with Crippen molar-refractivity contribution in [2.45, 2.75) is 43.7 Å². The first-order valence-corrected chi connectivity index (χ1v) is 12.7. The maximum atomic E-state index is 13.2. The summed E-state index contributed by atoms with van der Waals surface area (Å²) in [5.41, 5.74) is 0.903. The smallest absolute Gasteiger partial charge is 0.253 e. The molecule has 190 valence electrons. The lowest BCUT2D eigenvalue weighted by atomic mass is 10.0. The number of hydrogen-bond acceptors (Lipinski definition) is 6. The van der Waals surface area contributed by atoms with Crippen molar-refractivity contribution in [1.29, 1.82) is 0 Å². The van der Waals surface area contributed by atoms with Gasteiger partial charge < -0.3 is 15.4 Å². The number of carbonyl (C=O) groups is 2. The van der Waals surface area contributed by atoms with Crippen molar-refractivity contribution in [3.8, 4) is 5.75 Å². The van der Waals surface area contributed by atoms with Gasteiger partial charge >= 0.3 is 0 Å². The quantitative estimate of drug-likeness (QED) is 0.406. The Kier molecular flexibility index (Phi) is 8.44. The fraction of sp³-hybridized carbons (Fsp3) is 0.269. The van der Waals surface area contributed by atoms with Gasteiger partial charge in [0.15, 0.2) is 0 Å². The van der Waals surface area contributed by atoms with Crippen molar-refractivity contribution in [3.63, 3.8) is 0 Å². The third kappa shape index (κ3) is 7.62. The molecule has 1 heterocycles. The summed E-state index contributed by atoms with van der Waals surface area (Å²) >= 11 is 0. The van der Waals surface area contributed by atoms with Gasteiger partial charge in [0.05, 0.1) is 17.6 Å². The maximum absolute atomic E-state index is 13.2. The molecule has 0 bridgehead atoms. The fourth-order valence-electron chi connectivity index (χ4n) is 3.35. The van der Waals surface area contributed by atoms with Crippen molar-refractivity contribution >= 4 is 27.5 Å². The van der Waals surface area contributed by atoms with Crippen LogP contribution >= 0.6 is 0 Å². The number of hydrogen-bond donors (Lipinski definition) is 3. The summed E-state index contributed by atoms with van der Waals surface area (Å²) in [7, 11) is -2.14. The zero-order chi connectivity index (χ0) is 26.3. The minimum Gasteiger partial charge on any atom is -0.497 e. The van der Waals surface area contributed by atoms with E-state index in [1.165, 1.54) is 30.5 Å². The van der Waals surface area contributed by atoms with E-state index in [2.05, 4.69) is 20.3 Å². The molecule has 2 aromatic carbocycles. The number of amides is 2. The van der Waals surface area contributed by atoms with Crippen molar-refractivity contribution in [3.05, 3.63) is 84.2 Å². The van der Waals surface area contributed by atoms with Crippen molar-refractivity contribution in [2.75, 3.05) is 12.4 Å². The Morgan fingerprint density at radius 3 is 2.22 bits per heavy atom. The van der Waals surface area contributed by atoms with Crippen molar-refractivity contribution < 1.29 is 22.7 Å². The molecular weight excluding hydrogens is 480 g/mol. The number of rotatable bonds is 9. The molecule has 0 saturated carbocycles. The molecule has 9 nitrogen and oxygen atoms in total. The third-order valence-electron chi connectivity index (χ3n) is 5.02. The van der Waals surface area contributed by atoms with Crippen LogP contribution in [0.5, 0.6) is 5.75 Å². The molecule has 0 unspecified atom stereocenters. The number of nitrogens with zero attached hydrogens (tertiary/aromatic N) is 1. The monoisotopic (exact) mass is 510 g/mol. The van der Waals surface area contributed by atoms with Crippen LogP contribution in [-0.4, -0.2) is 43.9 Å². The summed E-state index contributed by atoms with van der Waals surface area (Å²) in [5, 5.41) is 5.52. The maximum Gasteiger partial charge on any atom is 0.253 e. The SMILES string of the molecule is COc1ccc(C[C@H](NC(=O)c2cccnc2)C(=O)Nc2ccc(S(=O)(=O)NC(C)(C)C)cc2)cc1. The second kappa shape index (κ2) is 11.3. The van der Waals surface area contributed by atoms with Gasteiger partial charge in [-0.15, -0.1) is 0 Å². The predicted molar refractivity (Wildman–Crippen MR) is 137 cm³/mol. The molecule has 0 fully saturated rings. The van der Waals surface area contributed by atoms with E-state index in [1.54, 1.807) is 58.3 Å². The van der Waals surface area contributed by atoms with Gasteiger partial charge in [0.25, 0.3) is 5.91 Å². The van der Waals surface area contributed by atoms with Gasteiger partial charge in [-0.05, 0) is 74.9 Å². The van der Waals surface area contributed by atoms with E-state index in [9.17, 15) is 18.0 Å². The number of methoxy groups -OCH3 is 1. The molecule has 0 saturated heterocycles. The highest BCUT2D eigenvalue weighted by Gasteiger charge is 2.24. The first kappa shape index (κ1) is 26.8. The van der Waals surface area contributed by atoms with Crippen LogP contribution in [0.3, 0.4) is 0 Å². The zero-order valence-corrected chi connectivity index (χ0v) is 21.4. The van der Waals surface area contributed by atoms with Crippen LogP contribution < -0.4 is 20.1 Å². The van der Waals surface area contributed by atoms with E-state index in [0.717, 1.165) is 5.56 Å². The molecule has 0 radical (unpaired) electrons. The number of ether oxygens (including phenoxy) is 1. The lowest BCUT2D eigenvalue weighted by molar-refractivity contribution is -0.118. The first-order chi connectivity index (χ1) is 17.0. The Bertz CT molecular complexity index is 1290. The van der Waals surface area contributed by atoms with Crippen LogP contribution in [0.25, 0.3) is 0 Å². The van der Waals surface area contributed by atoms with Crippen LogP contribution in [0.1, 0.15) is 36.7 Å². The molecule has 10 heteroatoms. The number of pyridine rings is 1. The topological polar surface area (TPSA) is 126 Å². The second-order valence-electron chi connectivity index (χ2n) is 9.19. The largest absolute Gasteiger partial charge is 0.497 e. The lowest BCUT2D eigenvalue weighted by Gasteiger charge is -2.21. The van der Waals surface area contributed by atoms with E-state index < -0.39 is 33.4 Å². The molecule has 0 spiro atoms. The molecule has 2 amide bonds. The third-order valence-corrected chi connectivity index (χ3v) is 6.79. The molecule has 0 aliphatic rings. The van der Waals surface area contributed by atoms with E-state index in [0.29, 0.717) is 17.0 Å². The summed E-state index contributed by atoms with van der Waals surface area (Å²) in [5.74, 6) is -0.215. The van der Waals surface area contributed by atoms with Crippen LogP contribution in [0, 0.1) is 0 Å². The molecule has 3 N–H and O–H groups in total. The molecule has 1 aromatic heterocycles. The van der Waals surface area contributed by atoms with Gasteiger partial charge in [-0.1, -0.05) is 12.1 Å². The van der Waals surface area contributed by atoms with Crippen LogP contribution in [0.4, 0.5) is 5.69 Å². The van der Waals surface area contributed by atoms with Crippen LogP contribution in [-0.2, 0) is 21.2 Å². The number of sulfonamides is 1. The minimum atomic E-state index is -3.71. The molecule has 0 aliphatic carbocycles. The molecule has 3 rings (SSSR count). The highest BCUT2D eigenvalue weighted by molar-refractivity contribution is 7.89. The Morgan fingerprint density at radius 1 is 1.00 bits per heavy atom. The average molecular weight is 511 g/mol. The molecule has 3 aromatic rings. The number of benzene rings is 2. The van der Waals surface area contributed by atoms with Crippen LogP contribution in [0.15, 0.2) is 78.0 Å². The standard InChI is InChI=1S/C26H30N4O5S/c1-26(2,3)30-36(33,34)22-13-9-20(10-14-22)28-25(32)23(16-18-7-11-21(35-4)12-8-18)29-24(31)19-6-5-15-27-17-19/h5-15,17,23,30H,16H2,1-4H3,(H,28,32)(H,29,31)/t23-/m0/s1. The number of aromatic nitrogens is 1. The highest BCUT2D eigenvalue weighted by atomic mass is 32.2. The molecule has 0 aliphatic heterocycles. The minimum absolute atomic E-state index is 0.0788.